The van der Waals surface area contributed by atoms with E-state index < -0.39 is 15.9 Å². The Bertz CT molecular complexity index is 643. The Balaban J connectivity index is 2.18. The number of carbonyl (C=O) groups is 1. The molecule has 5 nitrogen and oxygen atoms in total. The van der Waals surface area contributed by atoms with Crippen LogP contribution in [0.4, 0.5) is 0 Å². The molecule has 22 heavy (non-hydrogen) atoms. The lowest BCUT2D eigenvalue weighted by molar-refractivity contribution is -0.130. The summed E-state index contributed by atoms with van der Waals surface area (Å²) < 4.78 is 29.5. The van der Waals surface area contributed by atoms with Gasteiger partial charge in [-0.3, -0.25) is 4.79 Å². The fourth-order valence-electron chi connectivity index (χ4n) is 2.34. The summed E-state index contributed by atoms with van der Waals surface area (Å²) in [4.78, 5) is 14.2. The van der Waals surface area contributed by atoms with Crippen LogP contribution in [0.25, 0.3) is 0 Å². The van der Waals surface area contributed by atoms with Crippen LogP contribution < -0.4 is 0 Å². The zero-order valence-electron chi connectivity index (χ0n) is 13.5. The van der Waals surface area contributed by atoms with E-state index in [2.05, 4.69) is 20.8 Å². The predicted octanol–water partition coefficient (Wildman–Crippen LogP) is 2.42. The molecule has 1 amide bonds. The van der Waals surface area contributed by atoms with E-state index in [4.69, 9.17) is 4.42 Å². The molecule has 0 radical (unpaired) electrons. The van der Waals surface area contributed by atoms with Gasteiger partial charge in [-0.1, -0.05) is 20.8 Å². The van der Waals surface area contributed by atoms with Gasteiger partial charge in [0.2, 0.25) is 5.91 Å². The lowest BCUT2D eigenvalue weighted by Crippen LogP contribution is -2.47. The maximum absolute atomic E-state index is 12.5. The van der Waals surface area contributed by atoms with Crippen molar-refractivity contribution in [2.24, 2.45) is 0 Å². The largest absolute Gasteiger partial charge is 0.464 e. The second-order valence-corrected chi connectivity index (χ2v) is 10.6. The van der Waals surface area contributed by atoms with Crippen LogP contribution in [0, 0.1) is 6.92 Å². The third-order valence-corrected chi connectivity index (χ3v) is 6.36. The molecule has 1 aromatic heterocycles. The molecular formula is C15H23NO4S2. The van der Waals surface area contributed by atoms with Gasteiger partial charge in [-0.25, -0.2) is 8.42 Å². The Morgan fingerprint density at radius 2 is 2.09 bits per heavy atom. The number of carbonyl (C=O) groups excluding carboxylic acids is 1. The standard InChI is InChI=1S/C15H23NO4S2/c1-11-5-6-13(20-11)12-10-22(18,19)8-7-16(12)14(17)9-21-15(2,3)4/h5-6,12H,7-10H2,1-4H3. The molecular weight excluding hydrogens is 322 g/mol. The lowest BCUT2D eigenvalue weighted by atomic mass is 10.2. The smallest absolute Gasteiger partial charge is 0.233 e. The first kappa shape index (κ1) is 17.4. The fraction of sp³-hybridized carbons (Fsp3) is 0.667. The predicted molar refractivity (Wildman–Crippen MR) is 88.8 cm³/mol. The van der Waals surface area contributed by atoms with Crippen molar-refractivity contribution in [1.82, 2.24) is 4.90 Å². The van der Waals surface area contributed by atoms with E-state index in [1.807, 2.05) is 6.92 Å². The van der Waals surface area contributed by atoms with Crippen LogP contribution >= 0.6 is 11.8 Å². The van der Waals surface area contributed by atoms with E-state index in [9.17, 15) is 13.2 Å². The van der Waals surface area contributed by atoms with Crippen molar-refractivity contribution in [3.05, 3.63) is 23.7 Å². The van der Waals surface area contributed by atoms with E-state index in [1.165, 1.54) is 0 Å². The van der Waals surface area contributed by atoms with Crippen LogP contribution in [0.1, 0.15) is 38.3 Å². The van der Waals surface area contributed by atoms with Gasteiger partial charge in [0, 0.05) is 11.3 Å². The van der Waals surface area contributed by atoms with Gasteiger partial charge in [0.1, 0.15) is 17.6 Å². The number of hydrogen-bond donors (Lipinski definition) is 0. The number of thioether (sulfide) groups is 1. The number of sulfone groups is 1. The van der Waals surface area contributed by atoms with Crippen LogP contribution in [0.15, 0.2) is 16.5 Å². The van der Waals surface area contributed by atoms with Crippen LogP contribution in [0.3, 0.4) is 0 Å². The Kier molecular flexibility index (Phi) is 4.96. The van der Waals surface area contributed by atoms with Crippen LogP contribution in [-0.4, -0.2) is 47.8 Å². The molecule has 0 aliphatic carbocycles. The van der Waals surface area contributed by atoms with Crippen molar-refractivity contribution in [1.29, 1.82) is 0 Å². The van der Waals surface area contributed by atoms with E-state index >= 15 is 0 Å². The number of hydrogen-bond acceptors (Lipinski definition) is 5. The highest BCUT2D eigenvalue weighted by Gasteiger charge is 2.37. The molecule has 0 bridgehead atoms. The average molecular weight is 345 g/mol. The van der Waals surface area contributed by atoms with Crippen LogP contribution in [-0.2, 0) is 14.6 Å². The SMILES string of the molecule is Cc1ccc(C2CS(=O)(=O)CCN2C(=O)CSC(C)(C)C)o1. The summed E-state index contributed by atoms with van der Waals surface area (Å²) in [5.41, 5.74) is 0. The summed E-state index contributed by atoms with van der Waals surface area (Å²) in [5.74, 6) is 1.54. The maximum atomic E-state index is 12.5. The van der Waals surface area contributed by atoms with E-state index in [0.29, 0.717) is 11.5 Å². The summed E-state index contributed by atoms with van der Waals surface area (Å²) in [6, 6.07) is 3.04. The number of amides is 1. The zero-order chi connectivity index (χ0) is 16.5. The third kappa shape index (κ3) is 4.52. The van der Waals surface area contributed by atoms with Gasteiger partial charge in [-0.05, 0) is 19.1 Å². The summed E-state index contributed by atoms with van der Waals surface area (Å²) >= 11 is 1.57. The lowest BCUT2D eigenvalue weighted by Gasteiger charge is -2.34. The summed E-state index contributed by atoms with van der Waals surface area (Å²) in [5, 5.41) is 0. The maximum Gasteiger partial charge on any atom is 0.233 e. The Morgan fingerprint density at radius 1 is 1.41 bits per heavy atom. The van der Waals surface area contributed by atoms with Crippen LogP contribution in [0.2, 0.25) is 0 Å². The Hall–Kier alpha value is -0.950. The second-order valence-electron chi connectivity index (χ2n) is 6.57. The van der Waals surface area contributed by atoms with Crippen molar-refractivity contribution < 1.29 is 17.6 Å². The van der Waals surface area contributed by atoms with Gasteiger partial charge in [-0.15, -0.1) is 11.8 Å². The molecule has 1 aromatic rings. The van der Waals surface area contributed by atoms with Crippen molar-refractivity contribution in [3.8, 4) is 0 Å². The number of furan rings is 1. The average Bonchev–Trinajstić information content (AvgIpc) is 2.81. The first-order valence-corrected chi connectivity index (χ1v) is 10.1. The fourth-order valence-corrected chi connectivity index (χ4v) is 4.52. The Labute approximate surface area is 136 Å². The highest BCUT2D eigenvalue weighted by Crippen LogP contribution is 2.30. The minimum atomic E-state index is -3.14. The number of rotatable bonds is 3. The molecule has 1 saturated heterocycles. The molecule has 1 aliphatic rings. The third-order valence-electron chi connectivity index (χ3n) is 3.47. The highest BCUT2D eigenvalue weighted by atomic mass is 32.2. The monoisotopic (exact) mass is 345 g/mol. The van der Waals surface area contributed by atoms with Crippen molar-refractivity contribution in [2.75, 3.05) is 23.8 Å². The van der Waals surface area contributed by atoms with Gasteiger partial charge in [0.25, 0.3) is 0 Å². The van der Waals surface area contributed by atoms with E-state index in [-0.39, 0.29) is 28.7 Å². The molecule has 0 aromatic carbocycles. The number of nitrogens with zero attached hydrogens (tertiary/aromatic N) is 1. The van der Waals surface area contributed by atoms with Gasteiger partial charge < -0.3 is 9.32 Å². The normalized spacial score (nSPS) is 21.8. The molecule has 1 atom stereocenters. The van der Waals surface area contributed by atoms with Gasteiger partial charge in [0.15, 0.2) is 9.84 Å². The van der Waals surface area contributed by atoms with Gasteiger partial charge >= 0.3 is 0 Å². The molecule has 2 heterocycles. The molecule has 124 valence electrons. The second kappa shape index (κ2) is 6.28. The minimum Gasteiger partial charge on any atom is -0.464 e. The molecule has 7 heteroatoms. The summed E-state index contributed by atoms with van der Waals surface area (Å²) in [7, 11) is -3.14. The first-order valence-electron chi connectivity index (χ1n) is 7.28. The molecule has 0 saturated carbocycles. The quantitative estimate of drug-likeness (QED) is 0.841. The number of aryl methyl sites for hydroxylation is 1. The first-order chi connectivity index (χ1) is 10.1. The van der Waals surface area contributed by atoms with Gasteiger partial charge in [-0.2, -0.15) is 0 Å². The van der Waals surface area contributed by atoms with E-state index in [0.717, 1.165) is 5.76 Å². The van der Waals surface area contributed by atoms with E-state index in [1.54, 1.807) is 28.8 Å². The molecule has 1 aliphatic heterocycles. The van der Waals surface area contributed by atoms with Crippen molar-refractivity contribution >= 4 is 27.5 Å². The highest BCUT2D eigenvalue weighted by molar-refractivity contribution is 8.01. The molecule has 1 unspecified atom stereocenters. The van der Waals surface area contributed by atoms with Crippen molar-refractivity contribution in [2.45, 2.75) is 38.5 Å². The van der Waals surface area contributed by atoms with Crippen molar-refractivity contribution in [3.63, 3.8) is 0 Å². The molecule has 1 fully saturated rings. The minimum absolute atomic E-state index is 0.00566. The summed E-state index contributed by atoms with van der Waals surface area (Å²) in [6.07, 6.45) is 0. The molecule has 0 N–H and O–H groups in total. The summed E-state index contributed by atoms with van der Waals surface area (Å²) in [6.45, 7) is 8.20. The Morgan fingerprint density at radius 3 is 2.64 bits per heavy atom. The van der Waals surface area contributed by atoms with Gasteiger partial charge in [0.05, 0.1) is 17.3 Å². The molecule has 0 spiro atoms. The molecule has 2 rings (SSSR count). The van der Waals surface area contributed by atoms with Crippen LogP contribution in [0.5, 0.6) is 0 Å². The topological polar surface area (TPSA) is 67.6 Å². The zero-order valence-corrected chi connectivity index (χ0v) is 15.1.